The molecule has 7 nitrogen and oxygen atoms in total. The van der Waals surface area contributed by atoms with Crippen molar-refractivity contribution in [1.29, 1.82) is 0 Å². The summed E-state index contributed by atoms with van der Waals surface area (Å²) in [7, 11) is 1.53. The Hall–Kier alpha value is -3.47. The van der Waals surface area contributed by atoms with Crippen LogP contribution in [-0.2, 0) is 11.0 Å². The lowest BCUT2D eigenvalue weighted by Crippen LogP contribution is -2.47. The molecule has 1 fully saturated rings. The van der Waals surface area contributed by atoms with Crippen molar-refractivity contribution in [2.75, 3.05) is 47.9 Å². The minimum absolute atomic E-state index is 0.0754. The first kappa shape index (κ1) is 24.6. The second-order valence-corrected chi connectivity index (χ2v) is 8.37. The zero-order valence-corrected chi connectivity index (χ0v) is 19.6. The molecular formula is C23H21ClF4N6O. The summed E-state index contributed by atoms with van der Waals surface area (Å²) in [5, 5.41) is -0.0754. The minimum Gasteiger partial charge on any atom is -0.353 e. The summed E-state index contributed by atoms with van der Waals surface area (Å²) in [4.78, 5) is 29.6. The molecule has 35 heavy (non-hydrogen) atoms. The van der Waals surface area contributed by atoms with Gasteiger partial charge in [-0.1, -0.05) is 11.6 Å². The van der Waals surface area contributed by atoms with Gasteiger partial charge in [-0.3, -0.25) is 9.69 Å². The van der Waals surface area contributed by atoms with E-state index in [0.717, 1.165) is 6.07 Å². The second-order valence-electron chi connectivity index (χ2n) is 7.96. The molecule has 0 spiro atoms. The Morgan fingerprint density at radius 3 is 2.37 bits per heavy atom. The van der Waals surface area contributed by atoms with Crippen LogP contribution in [0.15, 0.2) is 42.6 Å². The zero-order valence-electron chi connectivity index (χ0n) is 18.9. The Morgan fingerprint density at radius 1 is 1.06 bits per heavy atom. The average Bonchev–Trinajstić information content (AvgIpc) is 2.84. The van der Waals surface area contributed by atoms with Crippen LogP contribution in [0.25, 0.3) is 11.3 Å². The highest BCUT2D eigenvalue weighted by atomic mass is 35.5. The third-order valence-corrected chi connectivity index (χ3v) is 5.97. The number of alkyl halides is 3. The molecule has 1 saturated heterocycles. The van der Waals surface area contributed by atoms with Crippen LogP contribution >= 0.6 is 11.6 Å². The molecule has 1 aromatic carbocycles. The van der Waals surface area contributed by atoms with Crippen molar-refractivity contribution in [3.05, 3.63) is 59.0 Å². The minimum atomic E-state index is -4.51. The standard InChI is InChI=1S/C23H21ClF4N6O/c1-14(35)32(2)22-30-19(15-5-6-18(25)17(24)12-15)13-20(31-22)33-8-10-34(11-9-33)21-16(23(26,27)28)4-3-7-29-21/h3-7,12-13H,8-11H2,1-2H3. The zero-order chi connectivity index (χ0) is 25.3. The fourth-order valence-electron chi connectivity index (χ4n) is 3.70. The molecule has 1 amide bonds. The highest BCUT2D eigenvalue weighted by Crippen LogP contribution is 2.36. The van der Waals surface area contributed by atoms with Gasteiger partial charge < -0.3 is 9.80 Å². The van der Waals surface area contributed by atoms with Gasteiger partial charge in [0.15, 0.2) is 0 Å². The molecule has 1 aliphatic heterocycles. The molecule has 1 aliphatic rings. The molecule has 2 aromatic heterocycles. The molecule has 0 N–H and O–H groups in total. The smallest absolute Gasteiger partial charge is 0.353 e. The summed E-state index contributed by atoms with van der Waals surface area (Å²) in [6.07, 6.45) is -3.17. The lowest BCUT2D eigenvalue weighted by atomic mass is 10.1. The van der Waals surface area contributed by atoms with Gasteiger partial charge in [0.25, 0.3) is 0 Å². The number of amides is 1. The Morgan fingerprint density at radius 2 is 1.74 bits per heavy atom. The predicted molar refractivity (Wildman–Crippen MR) is 125 cm³/mol. The number of benzene rings is 1. The van der Waals surface area contributed by atoms with Crippen molar-refractivity contribution in [3.8, 4) is 11.3 Å². The van der Waals surface area contributed by atoms with Gasteiger partial charge in [-0.05, 0) is 30.3 Å². The van der Waals surface area contributed by atoms with Crippen molar-refractivity contribution in [1.82, 2.24) is 15.0 Å². The Kier molecular flexibility index (Phi) is 6.79. The second kappa shape index (κ2) is 9.65. The van der Waals surface area contributed by atoms with Crippen LogP contribution < -0.4 is 14.7 Å². The van der Waals surface area contributed by atoms with Crippen molar-refractivity contribution in [2.24, 2.45) is 0 Å². The van der Waals surface area contributed by atoms with Gasteiger partial charge in [0, 0.05) is 58.0 Å². The normalized spacial score (nSPS) is 14.3. The first-order valence-corrected chi connectivity index (χ1v) is 11.0. The number of hydrogen-bond donors (Lipinski definition) is 0. The van der Waals surface area contributed by atoms with E-state index in [1.54, 1.807) is 11.0 Å². The third-order valence-electron chi connectivity index (χ3n) is 5.68. The van der Waals surface area contributed by atoms with E-state index in [4.69, 9.17) is 11.6 Å². The molecule has 0 atom stereocenters. The number of carbonyl (C=O) groups excluding carboxylic acids is 1. The lowest BCUT2D eigenvalue weighted by molar-refractivity contribution is -0.137. The summed E-state index contributed by atoms with van der Waals surface area (Å²) in [5.74, 6) is -0.354. The Balaban J connectivity index is 1.64. The molecule has 0 saturated carbocycles. The third kappa shape index (κ3) is 5.29. The van der Waals surface area contributed by atoms with E-state index in [2.05, 4.69) is 15.0 Å². The molecule has 4 rings (SSSR count). The van der Waals surface area contributed by atoms with Crippen LogP contribution in [-0.4, -0.2) is 54.1 Å². The fourth-order valence-corrected chi connectivity index (χ4v) is 3.88. The van der Waals surface area contributed by atoms with Gasteiger partial charge in [-0.25, -0.2) is 14.4 Å². The summed E-state index contributed by atoms with van der Waals surface area (Å²) >= 11 is 5.94. The van der Waals surface area contributed by atoms with E-state index in [0.29, 0.717) is 30.2 Å². The Labute approximate surface area is 204 Å². The lowest BCUT2D eigenvalue weighted by Gasteiger charge is -2.37. The van der Waals surface area contributed by atoms with Crippen molar-refractivity contribution in [2.45, 2.75) is 13.1 Å². The summed E-state index contributed by atoms with van der Waals surface area (Å²) in [6, 6.07) is 8.12. The number of nitrogens with zero attached hydrogens (tertiary/aromatic N) is 6. The molecular weight excluding hydrogens is 488 g/mol. The molecule has 0 bridgehead atoms. The molecule has 184 valence electrons. The number of anilines is 3. The van der Waals surface area contributed by atoms with E-state index in [1.165, 1.54) is 49.3 Å². The van der Waals surface area contributed by atoms with Crippen LogP contribution in [0.2, 0.25) is 5.02 Å². The van der Waals surface area contributed by atoms with E-state index in [1.807, 2.05) is 4.90 Å². The molecule has 0 unspecified atom stereocenters. The highest BCUT2D eigenvalue weighted by molar-refractivity contribution is 6.31. The highest BCUT2D eigenvalue weighted by Gasteiger charge is 2.36. The van der Waals surface area contributed by atoms with E-state index in [-0.39, 0.29) is 35.8 Å². The summed E-state index contributed by atoms with van der Waals surface area (Å²) in [5.41, 5.74) is 0.169. The number of aromatic nitrogens is 3. The van der Waals surface area contributed by atoms with E-state index in [9.17, 15) is 22.4 Å². The molecule has 3 heterocycles. The topological polar surface area (TPSA) is 65.5 Å². The number of piperazine rings is 1. The maximum absolute atomic E-state index is 13.7. The monoisotopic (exact) mass is 508 g/mol. The fraction of sp³-hybridized carbons (Fsp3) is 0.304. The number of carbonyl (C=O) groups is 1. The number of rotatable bonds is 4. The van der Waals surface area contributed by atoms with Gasteiger partial charge in [0.05, 0.1) is 16.3 Å². The van der Waals surface area contributed by atoms with Gasteiger partial charge in [-0.2, -0.15) is 18.2 Å². The van der Waals surface area contributed by atoms with Crippen LogP contribution in [0.4, 0.5) is 35.1 Å². The summed E-state index contributed by atoms with van der Waals surface area (Å²) < 4.78 is 54.0. The maximum Gasteiger partial charge on any atom is 0.419 e. The van der Waals surface area contributed by atoms with E-state index >= 15 is 0 Å². The quantitative estimate of drug-likeness (QED) is 0.478. The van der Waals surface area contributed by atoms with E-state index < -0.39 is 17.6 Å². The first-order chi connectivity index (χ1) is 16.5. The molecule has 0 aliphatic carbocycles. The van der Waals surface area contributed by atoms with Crippen molar-refractivity contribution in [3.63, 3.8) is 0 Å². The van der Waals surface area contributed by atoms with Crippen LogP contribution in [0, 0.1) is 5.82 Å². The maximum atomic E-state index is 13.7. The van der Waals surface area contributed by atoms with Gasteiger partial charge >= 0.3 is 6.18 Å². The summed E-state index contributed by atoms with van der Waals surface area (Å²) in [6.45, 7) is 2.64. The van der Waals surface area contributed by atoms with Crippen molar-refractivity contribution >= 4 is 35.1 Å². The van der Waals surface area contributed by atoms with Gasteiger partial charge in [0.2, 0.25) is 11.9 Å². The molecule has 0 radical (unpaired) electrons. The number of pyridine rings is 1. The van der Waals surface area contributed by atoms with Crippen LogP contribution in [0.1, 0.15) is 12.5 Å². The predicted octanol–water partition coefficient (Wildman–Crippen LogP) is 4.66. The number of halogens is 5. The van der Waals surface area contributed by atoms with Gasteiger partial charge in [-0.15, -0.1) is 0 Å². The SMILES string of the molecule is CC(=O)N(C)c1nc(-c2ccc(F)c(Cl)c2)cc(N2CCN(c3ncccc3C(F)(F)F)CC2)n1. The van der Waals surface area contributed by atoms with Crippen LogP contribution in [0.3, 0.4) is 0 Å². The number of hydrogen-bond acceptors (Lipinski definition) is 6. The average molecular weight is 509 g/mol. The Bertz CT molecular complexity index is 1250. The van der Waals surface area contributed by atoms with Crippen molar-refractivity contribution < 1.29 is 22.4 Å². The first-order valence-electron chi connectivity index (χ1n) is 10.7. The molecule has 12 heteroatoms. The largest absolute Gasteiger partial charge is 0.419 e. The molecule has 3 aromatic rings. The van der Waals surface area contributed by atoms with Gasteiger partial charge in [0.1, 0.15) is 17.5 Å². The van der Waals surface area contributed by atoms with Crippen LogP contribution in [0.5, 0.6) is 0 Å².